The van der Waals surface area contributed by atoms with Crippen molar-refractivity contribution in [2.45, 2.75) is 39.0 Å². The molecular weight excluding hydrogens is 306 g/mol. The standard InChI is InChI=1S/C17H25N5O2/c1-3-15-11-21(7-8-22(15)10-13(2)23)12-16-19-17(20-24-16)14-5-4-6-18-9-14/h4-6,9,13,15,23H,3,7-8,10-12H2,1-2H3/t13-,15+/m1/s1. The lowest BCUT2D eigenvalue weighted by molar-refractivity contribution is 0.0302. The minimum Gasteiger partial charge on any atom is -0.392 e. The second kappa shape index (κ2) is 7.83. The zero-order valence-electron chi connectivity index (χ0n) is 14.3. The molecule has 1 N–H and O–H groups in total. The lowest BCUT2D eigenvalue weighted by atomic mass is 10.1. The Hall–Kier alpha value is -1.83. The van der Waals surface area contributed by atoms with Crippen LogP contribution in [0.15, 0.2) is 29.0 Å². The molecule has 0 spiro atoms. The van der Waals surface area contributed by atoms with E-state index in [9.17, 15) is 5.11 Å². The Morgan fingerprint density at radius 1 is 1.42 bits per heavy atom. The van der Waals surface area contributed by atoms with E-state index < -0.39 is 0 Å². The summed E-state index contributed by atoms with van der Waals surface area (Å²) in [5.74, 6) is 1.21. The summed E-state index contributed by atoms with van der Waals surface area (Å²) >= 11 is 0. The first-order chi connectivity index (χ1) is 11.7. The molecule has 0 saturated carbocycles. The van der Waals surface area contributed by atoms with Gasteiger partial charge in [-0.05, 0) is 25.5 Å². The number of nitrogens with zero attached hydrogens (tertiary/aromatic N) is 5. The largest absolute Gasteiger partial charge is 0.392 e. The Morgan fingerprint density at radius 2 is 2.29 bits per heavy atom. The van der Waals surface area contributed by atoms with Gasteiger partial charge in [0.2, 0.25) is 11.7 Å². The molecule has 2 aromatic heterocycles. The van der Waals surface area contributed by atoms with E-state index in [-0.39, 0.29) is 6.10 Å². The van der Waals surface area contributed by atoms with Gasteiger partial charge in [0.15, 0.2) is 0 Å². The predicted octanol–water partition coefficient (Wildman–Crippen LogP) is 1.41. The number of rotatable bonds is 6. The van der Waals surface area contributed by atoms with Gasteiger partial charge in [0.05, 0.1) is 12.6 Å². The van der Waals surface area contributed by atoms with Crippen molar-refractivity contribution >= 4 is 0 Å². The third-order valence-corrected chi connectivity index (χ3v) is 4.41. The van der Waals surface area contributed by atoms with Gasteiger partial charge in [-0.1, -0.05) is 12.1 Å². The van der Waals surface area contributed by atoms with E-state index in [0.717, 1.165) is 38.2 Å². The van der Waals surface area contributed by atoms with Crippen LogP contribution in [0.2, 0.25) is 0 Å². The van der Waals surface area contributed by atoms with Gasteiger partial charge < -0.3 is 9.63 Å². The topological polar surface area (TPSA) is 78.5 Å². The molecule has 2 aromatic rings. The van der Waals surface area contributed by atoms with Crippen LogP contribution < -0.4 is 0 Å². The molecule has 0 aromatic carbocycles. The summed E-state index contributed by atoms with van der Waals surface area (Å²) in [7, 11) is 0. The van der Waals surface area contributed by atoms with Crippen LogP contribution >= 0.6 is 0 Å². The Bertz CT molecular complexity index is 631. The van der Waals surface area contributed by atoms with Crippen molar-refractivity contribution in [3.8, 4) is 11.4 Å². The molecule has 1 aliphatic rings. The molecule has 7 heteroatoms. The molecule has 1 aliphatic heterocycles. The van der Waals surface area contributed by atoms with Crippen molar-refractivity contribution in [1.82, 2.24) is 24.9 Å². The number of piperazine rings is 1. The molecule has 1 fully saturated rings. The highest BCUT2D eigenvalue weighted by Crippen LogP contribution is 2.18. The molecule has 0 aliphatic carbocycles. The minimum atomic E-state index is -0.288. The Kier molecular flexibility index (Phi) is 5.55. The van der Waals surface area contributed by atoms with E-state index in [1.807, 2.05) is 19.1 Å². The molecule has 2 atom stereocenters. The second-order valence-corrected chi connectivity index (χ2v) is 6.39. The van der Waals surface area contributed by atoms with Gasteiger partial charge >= 0.3 is 0 Å². The number of hydrogen-bond donors (Lipinski definition) is 1. The quantitative estimate of drug-likeness (QED) is 0.857. The highest BCUT2D eigenvalue weighted by molar-refractivity contribution is 5.51. The average Bonchev–Trinajstić information content (AvgIpc) is 3.05. The van der Waals surface area contributed by atoms with E-state index in [1.54, 1.807) is 12.4 Å². The van der Waals surface area contributed by atoms with Crippen molar-refractivity contribution < 1.29 is 9.63 Å². The number of aromatic nitrogens is 3. The summed E-state index contributed by atoms with van der Waals surface area (Å²) < 4.78 is 5.40. The molecule has 1 saturated heterocycles. The SMILES string of the molecule is CC[C@H]1CN(Cc2nc(-c3cccnc3)no2)CCN1C[C@@H](C)O. The fraction of sp³-hybridized carbons (Fsp3) is 0.588. The molecule has 24 heavy (non-hydrogen) atoms. The number of hydrogen-bond acceptors (Lipinski definition) is 7. The second-order valence-electron chi connectivity index (χ2n) is 6.39. The third-order valence-electron chi connectivity index (χ3n) is 4.41. The maximum atomic E-state index is 9.64. The van der Waals surface area contributed by atoms with E-state index >= 15 is 0 Å². The van der Waals surface area contributed by atoms with Gasteiger partial charge in [-0.15, -0.1) is 0 Å². The van der Waals surface area contributed by atoms with Crippen molar-refractivity contribution in [1.29, 1.82) is 0 Å². The monoisotopic (exact) mass is 331 g/mol. The Labute approximate surface area is 142 Å². The van der Waals surface area contributed by atoms with Crippen LogP contribution in [-0.4, -0.2) is 68.4 Å². The van der Waals surface area contributed by atoms with Crippen LogP contribution in [0, 0.1) is 0 Å². The van der Waals surface area contributed by atoms with Gasteiger partial charge in [0.25, 0.3) is 0 Å². The summed E-state index contributed by atoms with van der Waals surface area (Å²) in [5, 5.41) is 13.7. The van der Waals surface area contributed by atoms with Crippen LogP contribution in [0.5, 0.6) is 0 Å². The first-order valence-electron chi connectivity index (χ1n) is 8.53. The average molecular weight is 331 g/mol. The van der Waals surface area contributed by atoms with Crippen LogP contribution in [0.1, 0.15) is 26.2 Å². The molecule has 0 radical (unpaired) electrons. The molecular formula is C17H25N5O2. The highest BCUT2D eigenvalue weighted by atomic mass is 16.5. The first kappa shape index (κ1) is 17.0. The van der Waals surface area contributed by atoms with Crippen molar-refractivity contribution in [3.05, 3.63) is 30.4 Å². The summed E-state index contributed by atoms with van der Waals surface area (Å²) in [6.45, 7) is 8.27. The maximum Gasteiger partial charge on any atom is 0.241 e. The lowest BCUT2D eigenvalue weighted by Gasteiger charge is -2.41. The zero-order chi connectivity index (χ0) is 16.9. The van der Waals surface area contributed by atoms with Gasteiger partial charge in [-0.2, -0.15) is 4.98 Å². The fourth-order valence-corrected chi connectivity index (χ4v) is 3.19. The third kappa shape index (κ3) is 4.17. The number of β-amino-alcohol motifs (C(OH)–C–C–N with tert-alkyl or cyclic N) is 1. The molecule has 130 valence electrons. The zero-order valence-corrected chi connectivity index (χ0v) is 14.3. The Balaban J connectivity index is 1.60. The van der Waals surface area contributed by atoms with Crippen molar-refractivity contribution in [3.63, 3.8) is 0 Å². The van der Waals surface area contributed by atoms with E-state index in [2.05, 4.69) is 31.8 Å². The van der Waals surface area contributed by atoms with Crippen LogP contribution in [0.4, 0.5) is 0 Å². The predicted molar refractivity (Wildman–Crippen MR) is 90.1 cm³/mol. The molecule has 0 unspecified atom stereocenters. The minimum absolute atomic E-state index is 0.288. The lowest BCUT2D eigenvalue weighted by Crippen LogP contribution is -2.54. The maximum absolute atomic E-state index is 9.64. The van der Waals surface area contributed by atoms with Gasteiger partial charge in [-0.25, -0.2) is 0 Å². The molecule has 3 rings (SSSR count). The Morgan fingerprint density at radius 3 is 3.00 bits per heavy atom. The highest BCUT2D eigenvalue weighted by Gasteiger charge is 2.27. The van der Waals surface area contributed by atoms with E-state index in [0.29, 0.717) is 24.3 Å². The summed E-state index contributed by atoms with van der Waals surface area (Å²) in [4.78, 5) is 13.3. The first-order valence-corrected chi connectivity index (χ1v) is 8.53. The van der Waals surface area contributed by atoms with Crippen molar-refractivity contribution in [2.24, 2.45) is 0 Å². The number of aliphatic hydroxyl groups is 1. The van der Waals surface area contributed by atoms with Crippen molar-refractivity contribution in [2.75, 3.05) is 26.2 Å². The normalized spacial score (nSPS) is 21.0. The molecule has 0 bridgehead atoms. The number of pyridine rings is 1. The smallest absolute Gasteiger partial charge is 0.241 e. The number of aliphatic hydroxyl groups excluding tert-OH is 1. The van der Waals surface area contributed by atoms with Crippen LogP contribution in [0.25, 0.3) is 11.4 Å². The fourth-order valence-electron chi connectivity index (χ4n) is 3.19. The van der Waals surface area contributed by atoms with Crippen LogP contribution in [-0.2, 0) is 6.54 Å². The van der Waals surface area contributed by atoms with E-state index in [1.165, 1.54) is 0 Å². The van der Waals surface area contributed by atoms with Gasteiger partial charge in [0.1, 0.15) is 0 Å². The van der Waals surface area contributed by atoms with Crippen LogP contribution in [0.3, 0.4) is 0 Å². The molecule has 7 nitrogen and oxygen atoms in total. The van der Waals surface area contributed by atoms with E-state index in [4.69, 9.17) is 4.52 Å². The summed E-state index contributed by atoms with van der Waals surface area (Å²) in [5.41, 5.74) is 0.862. The summed E-state index contributed by atoms with van der Waals surface area (Å²) in [6.07, 6.45) is 4.23. The van der Waals surface area contributed by atoms with Gasteiger partial charge in [0, 0.05) is 50.2 Å². The summed E-state index contributed by atoms with van der Waals surface area (Å²) in [6, 6.07) is 4.23. The molecule has 0 amide bonds. The molecule has 3 heterocycles. The van der Waals surface area contributed by atoms with Gasteiger partial charge in [-0.3, -0.25) is 14.8 Å².